The second-order valence-electron chi connectivity index (χ2n) is 4.85. The molecule has 0 saturated carbocycles. The van der Waals surface area contributed by atoms with Crippen molar-refractivity contribution in [1.29, 1.82) is 0 Å². The van der Waals surface area contributed by atoms with Gasteiger partial charge in [-0.1, -0.05) is 25.1 Å². The van der Waals surface area contributed by atoms with Crippen LogP contribution in [0.25, 0.3) is 5.69 Å². The summed E-state index contributed by atoms with van der Waals surface area (Å²) in [5.41, 5.74) is 1.71. The zero-order valence-electron chi connectivity index (χ0n) is 12.4. The fraction of sp³-hybridized carbons (Fsp3) is 0.400. The Labute approximate surface area is 124 Å². The van der Waals surface area contributed by atoms with Gasteiger partial charge in [-0.05, 0) is 25.5 Å². The Hall–Kier alpha value is -2.21. The zero-order valence-corrected chi connectivity index (χ0v) is 12.4. The van der Waals surface area contributed by atoms with Gasteiger partial charge in [-0.3, -0.25) is 4.79 Å². The van der Waals surface area contributed by atoms with Gasteiger partial charge in [-0.15, -0.1) is 0 Å². The third kappa shape index (κ3) is 4.39. The van der Waals surface area contributed by atoms with Crippen LogP contribution >= 0.6 is 0 Å². The molecule has 1 amide bonds. The molecule has 21 heavy (non-hydrogen) atoms. The van der Waals surface area contributed by atoms with E-state index in [-0.39, 0.29) is 11.9 Å². The van der Waals surface area contributed by atoms with E-state index in [1.807, 2.05) is 44.2 Å². The van der Waals surface area contributed by atoms with E-state index in [4.69, 9.17) is 0 Å². The standard InChI is InChI=1S/C15H21N5O/c1-3-9-16-15(21)12(2)17-10-13-11-18-20(19-13)14-7-5-4-6-8-14/h4-8,11-12,17H,3,9-10H2,1-2H3,(H,16,21). The van der Waals surface area contributed by atoms with Gasteiger partial charge >= 0.3 is 0 Å². The van der Waals surface area contributed by atoms with Gasteiger partial charge in [-0.2, -0.15) is 15.0 Å². The number of rotatable bonds is 7. The summed E-state index contributed by atoms with van der Waals surface area (Å²) in [7, 11) is 0. The minimum atomic E-state index is -0.251. The van der Waals surface area contributed by atoms with Gasteiger partial charge in [0.25, 0.3) is 0 Å². The average Bonchev–Trinajstić information content (AvgIpc) is 3.00. The molecular weight excluding hydrogens is 266 g/mol. The second kappa shape index (κ2) is 7.54. The number of benzene rings is 1. The molecule has 2 N–H and O–H groups in total. The van der Waals surface area contributed by atoms with E-state index in [2.05, 4.69) is 20.8 Å². The van der Waals surface area contributed by atoms with Crippen LogP contribution in [0.5, 0.6) is 0 Å². The van der Waals surface area contributed by atoms with Crippen LogP contribution < -0.4 is 10.6 Å². The Bertz CT molecular complexity index is 566. The van der Waals surface area contributed by atoms with E-state index in [0.717, 1.165) is 17.8 Å². The van der Waals surface area contributed by atoms with Crippen molar-refractivity contribution in [2.75, 3.05) is 6.54 Å². The molecule has 1 unspecified atom stereocenters. The van der Waals surface area contributed by atoms with Crippen LogP contribution in [0.4, 0.5) is 0 Å². The fourth-order valence-electron chi connectivity index (χ4n) is 1.81. The number of hydrogen-bond acceptors (Lipinski definition) is 4. The third-order valence-corrected chi connectivity index (χ3v) is 3.06. The highest BCUT2D eigenvalue weighted by molar-refractivity contribution is 5.81. The molecule has 2 rings (SSSR count). The normalized spacial score (nSPS) is 12.1. The average molecular weight is 287 g/mol. The maximum Gasteiger partial charge on any atom is 0.236 e. The van der Waals surface area contributed by atoms with Crippen molar-refractivity contribution >= 4 is 5.91 Å². The van der Waals surface area contributed by atoms with Gasteiger partial charge in [0.1, 0.15) is 0 Å². The van der Waals surface area contributed by atoms with Gasteiger partial charge in [-0.25, -0.2) is 0 Å². The van der Waals surface area contributed by atoms with Gasteiger partial charge < -0.3 is 10.6 Å². The van der Waals surface area contributed by atoms with E-state index in [1.54, 1.807) is 11.0 Å². The Morgan fingerprint density at radius 2 is 2.10 bits per heavy atom. The fourth-order valence-corrected chi connectivity index (χ4v) is 1.81. The van der Waals surface area contributed by atoms with Gasteiger partial charge in [0.2, 0.25) is 5.91 Å². The van der Waals surface area contributed by atoms with Crippen molar-refractivity contribution in [2.24, 2.45) is 0 Å². The lowest BCUT2D eigenvalue weighted by Crippen LogP contribution is -2.42. The topological polar surface area (TPSA) is 71.8 Å². The lowest BCUT2D eigenvalue weighted by molar-refractivity contribution is -0.122. The maximum atomic E-state index is 11.7. The van der Waals surface area contributed by atoms with Crippen molar-refractivity contribution in [3.05, 3.63) is 42.2 Å². The maximum absolute atomic E-state index is 11.7. The van der Waals surface area contributed by atoms with E-state index in [1.165, 1.54) is 0 Å². The lowest BCUT2D eigenvalue weighted by atomic mass is 10.3. The van der Waals surface area contributed by atoms with Crippen LogP contribution in [0.3, 0.4) is 0 Å². The molecule has 0 fully saturated rings. The molecule has 6 nitrogen and oxygen atoms in total. The van der Waals surface area contributed by atoms with E-state index in [9.17, 15) is 4.79 Å². The number of amides is 1. The van der Waals surface area contributed by atoms with Crippen LogP contribution in [-0.2, 0) is 11.3 Å². The van der Waals surface area contributed by atoms with Gasteiger partial charge in [0, 0.05) is 13.1 Å². The van der Waals surface area contributed by atoms with Crippen molar-refractivity contribution in [2.45, 2.75) is 32.9 Å². The quantitative estimate of drug-likeness (QED) is 0.804. The molecule has 0 aliphatic rings. The monoisotopic (exact) mass is 287 g/mol. The minimum Gasteiger partial charge on any atom is -0.355 e. The molecule has 6 heteroatoms. The summed E-state index contributed by atoms with van der Waals surface area (Å²) >= 11 is 0. The summed E-state index contributed by atoms with van der Waals surface area (Å²) in [6, 6.07) is 9.47. The molecule has 2 aromatic rings. The van der Waals surface area contributed by atoms with Gasteiger partial charge in [0.15, 0.2) is 0 Å². The molecular formula is C15H21N5O. The molecule has 0 saturated heterocycles. The third-order valence-electron chi connectivity index (χ3n) is 3.06. The first-order valence-electron chi connectivity index (χ1n) is 7.18. The van der Waals surface area contributed by atoms with Crippen LogP contribution in [0.15, 0.2) is 36.5 Å². The van der Waals surface area contributed by atoms with Crippen molar-refractivity contribution in [1.82, 2.24) is 25.6 Å². The zero-order chi connectivity index (χ0) is 15.1. The number of aromatic nitrogens is 3. The Kier molecular flexibility index (Phi) is 5.45. The Morgan fingerprint density at radius 3 is 2.81 bits per heavy atom. The molecule has 112 valence electrons. The van der Waals surface area contributed by atoms with Crippen LogP contribution in [0.1, 0.15) is 26.0 Å². The highest BCUT2D eigenvalue weighted by Gasteiger charge is 2.12. The molecule has 0 spiro atoms. The summed E-state index contributed by atoms with van der Waals surface area (Å²) < 4.78 is 0. The highest BCUT2D eigenvalue weighted by Crippen LogP contribution is 2.04. The van der Waals surface area contributed by atoms with Crippen molar-refractivity contribution in [3.63, 3.8) is 0 Å². The van der Waals surface area contributed by atoms with Crippen LogP contribution in [0, 0.1) is 0 Å². The number of carbonyl (C=O) groups excluding carboxylic acids is 1. The molecule has 0 aliphatic carbocycles. The Morgan fingerprint density at radius 1 is 1.33 bits per heavy atom. The predicted molar refractivity (Wildman–Crippen MR) is 81.0 cm³/mol. The van der Waals surface area contributed by atoms with Crippen molar-refractivity contribution < 1.29 is 4.79 Å². The van der Waals surface area contributed by atoms with E-state index in [0.29, 0.717) is 13.1 Å². The lowest BCUT2D eigenvalue weighted by Gasteiger charge is -2.12. The van der Waals surface area contributed by atoms with Crippen LogP contribution in [0.2, 0.25) is 0 Å². The summed E-state index contributed by atoms with van der Waals surface area (Å²) in [4.78, 5) is 13.3. The Balaban J connectivity index is 1.87. The van der Waals surface area contributed by atoms with Crippen LogP contribution in [-0.4, -0.2) is 33.5 Å². The number of hydrogen-bond donors (Lipinski definition) is 2. The molecule has 0 aliphatic heterocycles. The number of nitrogens with one attached hydrogen (secondary N) is 2. The van der Waals surface area contributed by atoms with E-state index < -0.39 is 0 Å². The minimum absolute atomic E-state index is 0.00676. The molecule has 1 atom stereocenters. The van der Waals surface area contributed by atoms with E-state index >= 15 is 0 Å². The molecule has 1 aromatic heterocycles. The highest BCUT2D eigenvalue weighted by atomic mass is 16.2. The summed E-state index contributed by atoms with van der Waals surface area (Å²) in [6.07, 6.45) is 2.64. The summed E-state index contributed by atoms with van der Waals surface area (Å²) in [6.45, 7) is 5.08. The summed E-state index contributed by atoms with van der Waals surface area (Å²) in [5.74, 6) is 0.00676. The number of carbonyl (C=O) groups is 1. The molecule has 1 heterocycles. The largest absolute Gasteiger partial charge is 0.355 e. The van der Waals surface area contributed by atoms with Crippen molar-refractivity contribution in [3.8, 4) is 5.69 Å². The molecule has 1 aromatic carbocycles. The summed E-state index contributed by atoms with van der Waals surface area (Å²) in [5, 5.41) is 14.6. The second-order valence-corrected chi connectivity index (χ2v) is 4.85. The number of nitrogens with zero attached hydrogens (tertiary/aromatic N) is 3. The van der Waals surface area contributed by atoms with Gasteiger partial charge in [0.05, 0.1) is 23.6 Å². The molecule has 0 bridgehead atoms. The SMILES string of the molecule is CCCNC(=O)C(C)NCc1cnn(-c2ccccc2)n1. The number of para-hydroxylation sites is 1. The predicted octanol–water partition coefficient (Wildman–Crippen LogP) is 1.27. The first-order chi connectivity index (χ1) is 10.2. The first kappa shape index (κ1) is 15.2. The first-order valence-corrected chi connectivity index (χ1v) is 7.18. The molecule has 0 radical (unpaired) electrons. The smallest absolute Gasteiger partial charge is 0.236 e.